The molecule has 2 aromatic rings. The molecular weight excluding hydrogens is 444 g/mol. The molecule has 1 aliphatic carbocycles. The van der Waals surface area contributed by atoms with Crippen molar-refractivity contribution in [1.29, 1.82) is 5.26 Å². The number of carbonyl (C=O) groups excluding carboxylic acids is 1. The van der Waals surface area contributed by atoms with E-state index in [2.05, 4.69) is 44.9 Å². The van der Waals surface area contributed by atoms with Crippen LogP contribution in [0.25, 0.3) is 0 Å². The van der Waals surface area contributed by atoms with Gasteiger partial charge in [0.1, 0.15) is 11.1 Å². The molecule has 32 heavy (non-hydrogen) atoms. The molecule has 0 saturated carbocycles. The zero-order valence-corrected chi connectivity index (χ0v) is 20.4. The normalized spacial score (nSPS) is 16.5. The van der Waals surface area contributed by atoms with Crippen LogP contribution in [-0.2, 0) is 28.9 Å². The highest BCUT2D eigenvalue weighted by atomic mass is 32.2. The molecular formula is C22H30N6O2S2. The molecule has 0 aromatic carbocycles. The molecule has 1 saturated heterocycles. The molecule has 4 rings (SSSR count). The summed E-state index contributed by atoms with van der Waals surface area (Å²) < 4.78 is 7.57. The molecule has 1 fully saturated rings. The standard InChI is InChI=1S/C22H30N6O2S2/c1-15(2)13-28-21(27-8-10-30-11-9-27)25-26-22(28)31-14-19(29)24-20-17(12-23)16-6-4-3-5-7-18(16)32-20/h15H,3-11,13-14H2,1-2H3,(H,24,29). The number of hydrogen-bond acceptors (Lipinski definition) is 8. The Kier molecular flexibility index (Phi) is 7.71. The number of nitrogens with zero attached hydrogens (tertiary/aromatic N) is 5. The SMILES string of the molecule is CC(C)Cn1c(SCC(=O)Nc2sc3c(c2C#N)CCCCC3)nnc1N1CCOCC1. The van der Waals surface area contributed by atoms with E-state index in [1.807, 2.05) is 0 Å². The second kappa shape index (κ2) is 10.7. The first-order chi connectivity index (χ1) is 15.6. The van der Waals surface area contributed by atoms with E-state index in [4.69, 9.17) is 4.74 Å². The number of amides is 1. The van der Waals surface area contributed by atoms with Gasteiger partial charge < -0.3 is 15.0 Å². The van der Waals surface area contributed by atoms with E-state index in [1.165, 1.54) is 23.1 Å². The van der Waals surface area contributed by atoms with Crippen LogP contribution in [0.2, 0.25) is 0 Å². The third-order valence-corrected chi connectivity index (χ3v) is 7.83. The van der Waals surface area contributed by atoms with Gasteiger partial charge in [-0.3, -0.25) is 9.36 Å². The second-order valence-corrected chi connectivity index (χ2v) is 10.7. The third-order valence-electron chi connectivity index (χ3n) is 5.66. The summed E-state index contributed by atoms with van der Waals surface area (Å²) in [5.74, 6) is 1.39. The van der Waals surface area contributed by atoms with E-state index >= 15 is 0 Å². The molecule has 1 amide bonds. The Balaban J connectivity index is 1.44. The second-order valence-electron chi connectivity index (χ2n) is 8.60. The number of ether oxygens (including phenoxy) is 1. The molecule has 8 nitrogen and oxygen atoms in total. The van der Waals surface area contributed by atoms with Gasteiger partial charge in [0.15, 0.2) is 5.16 Å². The Bertz CT molecular complexity index is 987. The van der Waals surface area contributed by atoms with Crippen molar-refractivity contribution in [3.05, 3.63) is 16.0 Å². The lowest BCUT2D eigenvalue weighted by molar-refractivity contribution is -0.113. The first kappa shape index (κ1) is 23.1. The van der Waals surface area contributed by atoms with Crippen LogP contribution in [0.1, 0.15) is 49.1 Å². The lowest BCUT2D eigenvalue weighted by Gasteiger charge is -2.28. The number of morpholine rings is 1. The lowest BCUT2D eigenvalue weighted by atomic mass is 10.1. The van der Waals surface area contributed by atoms with Crippen molar-refractivity contribution in [3.8, 4) is 6.07 Å². The van der Waals surface area contributed by atoms with E-state index in [9.17, 15) is 10.1 Å². The van der Waals surface area contributed by atoms with Gasteiger partial charge in [-0.15, -0.1) is 21.5 Å². The number of rotatable bonds is 7. The maximum absolute atomic E-state index is 12.8. The van der Waals surface area contributed by atoms with Gasteiger partial charge in [0.2, 0.25) is 11.9 Å². The number of hydrogen-bond donors (Lipinski definition) is 1. The summed E-state index contributed by atoms with van der Waals surface area (Å²) in [6.45, 7) is 8.07. The predicted octanol–water partition coefficient (Wildman–Crippen LogP) is 3.70. The third kappa shape index (κ3) is 5.27. The Morgan fingerprint density at radius 1 is 1.25 bits per heavy atom. The minimum Gasteiger partial charge on any atom is -0.378 e. The molecule has 0 bridgehead atoms. The Morgan fingerprint density at radius 2 is 2.03 bits per heavy atom. The minimum atomic E-state index is -0.116. The van der Waals surface area contributed by atoms with Crippen molar-refractivity contribution in [2.75, 3.05) is 42.3 Å². The molecule has 1 N–H and O–H groups in total. The van der Waals surface area contributed by atoms with Gasteiger partial charge in [-0.1, -0.05) is 32.0 Å². The van der Waals surface area contributed by atoms with Crippen molar-refractivity contribution in [1.82, 2.24) is 14.8 Å². The average molecular weight is 475 g/mol. The average Bonchev–Trinajstić information content (AvgIpc) is 3.24. The van der Waals surface area contributed by atoms with Gasteiger partial charge in [0.25, 0.3) is 0 Å². The summed E-state index contributed by atoms with van der Waals surface area (Å²) in [5.41, 5.74) is 1.80. The largest absolute Gasteiger partial charge is 0.378 e. The van der Waals surface area contributed by atoms with E-state index < -0.39 is 0 Å². The molecule has 3 heterocycles. The van der Waals surface area contributed by atoms with Crippen molar-refractivity contribution in [2.24, 2.45) is 5.92 Å². The number of aromatic nitrogens is 3. The van der Waals surface area contributed by atoms with Crippen LogP contribution in [0.4, 0.5) is 10.9 Å². The van der Waals surface area contributed by atoms with Crippen LogP contribution in [-0.4, -0.2) is 52.7 Å². The van der Waals surface area contributed by atoms with E-state index in [0.29, 0.717) is 29.7 Å². The molecule has 0 spiro atoms. The fourth-order valence-corrected chi connectivity index (χ4v) is 6.15. The van der Waals surface area contributed by atoms with Crippen LogP contribution in [0.15, 0.2) is 5.16 Å². The van der Waals surface area contributed by atoms with Crippen molar-refractivity contribution >= 4 is 40.0 Å². The van der Waals surface area contributed by atoms with Crippen LogP contribution in [0, 0.1) is 17.2 Å². The number of nitrogens with one attached hydrogen (secondary N) is 1. The number of fused-ring (bicyclic) bond motifs is 1. The molecule has 2 aromatic heterocycles. The molecule has 172 valence electrons. The maximum Gasteiger partial charge on any atom is 0.235 e. The number of anilines is 2. The fraction of sp³-hybridized carbons (Fsp3) is 0.636. The van der Waals surface area contributed by atoms with Crippen LogP contribution >= 0.6 is 23.1 Å². The van der Waals surface area contributed by atoms with Gasteiger partial charge in [0, 0.05) is 24.5 Å². The topological polar surface area (TPSA) is 96.1 Å². The van der Waals surface area contributed by atoms with Crippen molar-refractivity contribution < 1.29 is 9.53 Å². The first-order valence-corrected chi connectivity index (χ1v) is 13.1. The van der Waals surface area contributed by atoms with Gasteiger partial charge in [-0.25, -0.2) is 0 Å². The number of nitriles is 1. The van der Waals surface area contributed by atoms with Crippen LogP contribution in [0.5, 0.6) is 0 Å². The summed E-state index contributed by atoms with van der Waals surface area (Å²) in [6, 6.07) is 2.33. The van der Waals surface area contributed by atoms with Crippen molar-refractivity contribution in [3.63, 3.8) is 0 Å². The highest BCUT2D eigenvalue weighted by molar-refractivity contribution is 7.99. The van der Waals surface area contributed by atoms with Gasteiger partial charge in [-0.05, 0) is 37.2 Å². The fourth-order valence-electron chi connectivity index (χ4n) is 4.15. The first-order valence-electron chi connectivity index (χ1n) is 11.3. The van der Waals surface area contributed by atoms with E-state index in [-0.39, 0.29) is 11.7 Å². The smallest absolute Gasteiger partial charge is 0.235 e. The number of aryl methyl sites for hydroxylation is 1. The van der Waals surface area contributed by atoms with Gasteiger partial charge >= 0.3 is 0 Å². The molecule has 2 aliphatic rings. The molecule has 0 atom stereocenters. The lowest BCUT2D eigenvalue weighted by Crippen LogP contribution is -2.38. The highest BCUT2D eigenvalue weighted by Crippen LogP contribution is 2.37. The van der Waals surface area contributed by atoms with Gasteiger partial charge in [0.05, 0.1) is 24.5 Å². The molecule has 1 aliphatic heterocycles. The van der Waals surface area contributed by atoms with Crippen molar-refractivity contribution in [2.45, 2.75) is 57.7 Å². The monoisotopic (exact) mass is 474 g/mol. The predicted molar refractivity (Wildman–Crippen MR) is 128 cm³/mol. The number of thioether (sulfide) groups is 1. The highest BCUT2D eigenvalue weighted by Gasteiger charge is 2.23. The summed E-state index contributed by atoms with van der Waals surface area (Å²) in [6.07, 6.45) is 5.40. The quantitative estimate of drug-likeness (QED) is 0.483. The summed E-state index contributed by atoms with van der Waals surface area (Å²) >= 11 is 2.96. The summed E-state index contributed by atoms with van der Waals surface area (Å²) in [4.78, 5) is 16.2. The zero-order chi connectivity index (χ0) is 22.5. The molecule has 0 radical (unpaired) electrons. The number of carbonyl (C=O) groups is 1. The summed E-state index contributed by atoms with van der Waals surface area (Å²) in [5, 5.41) is 22.9. The Labute approximate surface area is 197 Å². The van der Waals surface area contributed by atoms with E-state index in [1.54, 1.807) is 11.3 Å². The van der Waals surface area contributed by atoms with Crippen LogP contribution in [0.3, 0.4) is 0 Å². The Hall–Kier alpha value is -2.09. The maximum atomic E-state index is 12.8. The Morgan fingerprint density at radius 3 is 2.78 bits per heavy atom. The number of thiophene rings is 1. The minimum absolute atomic E-state index is 0.116. The van der Waals surface area contributed by atoms with Crippen LogP contribution < -0.4 is 10.2 Å². The molecule has 0 unspecified atom stereocenters. The van der Waals surface area contributed by atoms with E-state index in [0.717, 1.165) is 62.0 Å². The molecule has 10 heteroatoms. The zero-order valence-electron chi connectivity index (χ0n) is 18.7. The van der Waals surface area contributed by atoms with Gasteiger partial charge in [-0.2, -0.15) is 5.26 Å². The summed E-state index contributed by atoms with van der Waals surface area (Å²) in [7, 11) is 0.